The van der Waals surface area contributed by atoms with E-state index in [4.69, 9.17) is 22.1 Å². The number of halogens is 1. The maximum Gasteiger partial charge on any atom is 0.146 e. The van der Waals surface area contributed by atoms with Crippen LogP contribution in [0.3, 0.4) is 0 Å². The van der Waals surface area contributed by atoms with Crippen LogP contribution in [0.15, 0.2) is 36.4 Å². The van der Waals surface area contributed by atoms with E-state index in [0.29, 0.717) is 10.8 Å². The number of rotatable bonds is 4. The Morgan fingerprint density at radius 3 is 2.71 bits per heavy atom. The van der Waals surface area contributed by atoms with Gasteiger partial charge >= 0.3 is 0 Å². The van der Waals surface area contributed by atoms with Crippen molar-refractivity contribution < 1.29 is 4.74 Å². The lowest BCUT2D eigenvalue weighted by Gasteiger charge is -2.11. The second kappa shape index (κ2) is 6.08. The van der Waals surface area contributed by atoms with Crippen molar-refractivity contribution in [3.63, 3.8) is 0 Å². The summed E-state index contributed by atoms with van der Waals surface area (Å²) < 4.78 is 5.93. The van der Waals surface area contributed by atoms with Crippen LogP contribution in [-0.4, -0.2) is 6.04 Å². The summed E-state index contributed by atoms with van der Waals surface area (Å²) in [4.78, 5) is 0. The monoisotopic (exact) mass is 301 g/mol. The molecule has 2 N–H and O–H groups in total. The van der Waals surface area contributed by atoms with E-state index >= 15 is 0 Å². The largest absolute Gasteiger partial charge is 0.456 e. The third-order valence-electron chi connectivity index (χ3n) is 3.85. The maximum atomic E-state index is 6.31. The molecular weight excluding hydrogens is 282 g/mol. The minimum atomic E-state index is 0.129. The summed E-state index contributed by atoms with van der Waals surface area (Å²) in [7, 11) is 0. The van der Waals surface area contributed by atoms with Gasteiger partial charge in [-0.2, -0.15) is 0 Å². The molecule has 3 rings (SSSR count). The Hall–Kier alpha value is -1.51. The summed E-state index contributed by atoms with van der Waals surface area (Å²) in [6.45, 7) is 1.99. The van der Waals surface area contributed by atoms with Crippen LogP contribution < -0.4 is 10.5 Å². The van der Waals surface area contributed by atoms with Gasteiger partial charge in [0, 0.05) is 6.04 Å². The van der Waals surface area contributed by atoms with Crippen LogP contribution >= 0.6 is 11.6 Å². The number of hydrogen-bond donors (Lipinski definition) is 1. The molecule has 1 unspecified atom stereocenters. The van der Waals surface area contributed by atoms with Crippen molar-refractivity contribution >= 4 is 11.6 Å². The predicted octanol–water partition coefficient (Wildman–Crippen LogP) is 4.51. The first kappa shape index (κ1) is 14.4. The molecule has 0 saturated carbocycles. The Morgan fingerprint density at radius 1 is 1.14 bits per heavy atom. The minimum Gasteiger partial charge on any atom is -0.456 e. The second-order valence-corrected chi connectivity index (χ2v) is 6.24. The summed E-state index contributed by atoms with van der Waals surface area (Å²) in [6, 6.07) is 12.3. The third kappa shape index (κ3) is 3.39. The Kier molecular flexibility index (Phi) is 4.18. The predicted molar refractivity (Wildman–Crippen MR) is 87.3 cm³/mol. The van der Waals surface area contributed by atoms with Gasteiger partial charge in [0.05, 0.1) is 5.02 Å². The number of nitrogens with two attached hydrogens (primary N) is 1. The lowest BCUT2D eigenvalue weighted by molar-refractivity contribution is 0.482. The van der Waals surface area contributed by atoms with E-state index in [1.54, 1.807) is 0 Å². The topological polar surface area (TPSA) is 35.2 Å². The smallest absolute Gasteiger partial charge is 0.146 e. The first-order valence-electron chi connectivity index (χ1n) is 7.45. The molecule has 2 aromatic rings. The van der Waals surface area contributed by atoms with Crippen molar-refractivity contribution in [2.75, 3.05) is 0 Å². The fourth-order valence-electron chi connectivity index (χ4n) is 2.86. The van der Waals surface area contributed by atoms with Crippen LogP contribution in [-0.2, 0) is 19.3 Å². The molecule has 0 aromatic heterocycles. The van der Waals surface area contributed by atoms with Gasteiger partial charge in [-0.3, -0.25) is 0 Å². The summed E-state index contributed by atoms with van der Waals surface area (Å²) in [6.07, 6.45) is 4.39. The average molecular weight is 302 g/mol. The Morgan fingerprint density at radius 2 is 1.95 bits per heavy atom. The van der Waals surface area contributed by atoms with E-state index in [0.717, 1.165) is 24.2 Å². The average Bonchev–Trinajstić information content (AvgIpc) is 2.88. The van der Waals surface area contributed by atoms with Crippen LogP contribution in [0.5, 0.6) is 11.5 Å². The van der Waals surface area contributed by atoms with Gasteiger partial charge in [0.25, 0.3) is 0 Å². The van der Waals surface area contributed by atoms with Crippen molar-refractivity contribution in [3.8, 4) is 11.5 Å². The lowest BCUT2D eigenvalue weighted by Crippen LogP contribution is -2.17. The van der Waals surface area contributed by atoms with E-state index in [9.17, 15) is 0 Å². The van der Waals surface area contributed by atoms with Gasteiger partial charge in [0.2, 0.25) is 0 Å². The van der Waals surface area contributed by atoms with Crippen molar-refractivity contribution in [2.45, 2.75) is 38.6 Å². The molecule has 0 saturated heterocycles. The first-order chi connectivity index (χ1) is 10.1. The molecule has 0 spiro atoms. The molecule has 0 radical (unpaired) electrons. The third-order valence-corrected chi connectivity index (χ3v) is 4.15. The first-order valence-corrected chi connectivity index (χ1v) is 7.83. The van der Waals surface area contributed by atoms with E-state index in [1.807, 2.05) is 31.2 Å². The maximum absolute atomic E-state index is 6.31. The van der Waals surface area contributed by atoms with E-state index in [-0.39, 0.29) is 6.04 Å². The zero-order valence-electron chi connectivity index (χ0n) is 12.2. The molecular formula is C18H20ClNO. The highest BCUT2D eigenvalue weighted by atomic mass is 35.5. The summed E-state index contributed by atoms with van der Waals surface area (Å²) in [5.74, 6) is 1.56. The van der Waals surface area contributed by atoms with E-state index in [2.05, 4.69) is 12.1 Å². The molecule has 1 aliphatic rings. The molecule has 2 aromatic carbocycles. The summed E-state index contributed by atoms with van der Waals surface area (Å²) in [5.41, 5.74) is 9.79. The highest BCUT2D eigenvalue weighted by molar-refractivity contribution is 6.32. The quantitative estimate of drug-likeness (QED) is 0.901. The van der Waals surface area contributed by atoms with Crippen LogP contribution in [0.1, 0.15) is 30.0 Å². The molecule has 0 fully saturated rings. The molecule has 21 heavy (non-hydrogen) atoms. The van der Waals surface area contributed by atoms with Crippen LogP contribution in [0.25, 0.3) is 0 Å². The Bertz CT molecular complexity index is 652. The minimum absolute atomic E-state index is 0.129. The van der Waals surface area contributed by atoms with Gasteiger partial charge in [0.15, 0.2) is 0 Å². The fourth-order valence-corrected chi connectivity index (χ4v) is 3.11. The number of ether oxygens (including phenoxy) is 1. The summed E-state index contributed by atoms with van der Waals surface area (Å²) in [5, 5.41) is 0.633. The second-order valence-electron chi connectivity index (χ2n) is 5.83. The molecule has 0 bridgehead atoms. The highest BCUT2D eigenvalue weighted by Gasteiger charge is 2.12. The van der Waals surface area contributed by atoms with Gasteiger partial charge in [-0.05, 0) is 73.6 Å². The van der Waals surface area contributed by atoms with Gasteiger partial charge in [-0.1, -0.05) is 23.7 Å². The summed E-state index contributed by atoms with van der Waals surface area (Å²) >= 11 is 6.31. The molecule has 0 amide bonds. The Labute approximate surface area is 130 Å². The SMILES string of the molecule is CC(N)Cc1ccc(Oc2ccc3c(c2)CCC3)c(Cl)c1. The zero-order valence-corrected chi connectivity index (χ0v) is 13.0. The number of hydrogen-bond acceptors (Lipinski definition) is 2. The molecule has 1 atom stereocenters. The van der Waals surface area contributed by atoms with Gasteiger partial charge < -0.3 is 10.5 Å². The lowest BCUT2D eigenvalue weighted by atomic mass is 10.1. The van der Waals surface area contributed by atoms with Crippen LogP contribution in [0.2, 0.25) is 5.02 Å². The molecule has 0 heterocycles. The van der Waals surface area contributed by atoms with Crippen LogP contribution in [0.4, 0.5) is 0 Å². The van der Waals surface area contributed by atoms with Gasteiger partial charge in [-0.25, -0.2) is 0 Å². The number of aryl methyl sites for hydroxylation is 2. The molecule has 1 aliphatic carbocycles. The van der Waals surface area contributed by atoms with E-state index in [1.165, 1.54) is 24.0 Å². The van der Waals surface area contributed by atoms with Gasteiger partial charge in [0.1, 0.15) is 11.5 Å². The number of fused-ring (bicyclic) bond motifs is 1. The molecule has 0 aliphatic heterocycles. The van der Waals surface area contributed by atoms with Crippen molar-refractivity contribution in [2.24, 2.45) is 5.73 Å². The van der Waals surface area contributed by atoms with Crippen molar-refractivity contribution in [1.82, 2.24) is 0 Å². The molecule has 110 valence electrons. The standard InChI is InChI=1S/C18H20ClNO/c1-12(20)9-13-5-8-18(17(19)10-13)21-16-7-6-14-3-2-4-15(14)11-16/h5-8,10-12H,2-4,9,20H2,1H3. The zero-order chi connectivity index (χ0) is 14.8. The Balaban J connectivity index is 1.78. The van der Waals surface area contributed by atoms with Crippen molar-refractivity contribution in [3.05, 3.63) is 58.1 Å². The number of benzene rings is 2. The normalized spacial score (nSPS) is 14.8. The van der Waals surface area contributed by atoms with Gasteiger partial charge in [-0.15, -0.1) is 0 Å². The fraction of sp³-hybridized carbons (Fsp3) is 0.333. The highest BCUT2D eigenvalue weighted by Crippen LogP contribution is 2.33. The van der Waals surface area contributed by atoms with Crippen LogP contribution in [0, 0.1) is 0 Å². The molecule has 2 nitrogen and oxygen atoms in total. The van der Waals surface area contributed by atoms with Crippen molar-refractivity contribution in [1.29, 1.82) is 0 Å². The van der Waals surface area contributed by atoms with E-state index < -0.39 is 0 Å². The molecule has 3 heteroatoms.